The van der Waals surface area contributed by atoms with Gasteiger partial charge in [-0.2, -0.15) is 0 Å². The van der Waals surface area contributed by atoms with E-state index in [1.165, 1.54) is 17.7 Å². The summed E-state index contributed by atoms with van der Waals surface area (Å²) in [6, 6.07) is 8.46. The maximum atomic E-state index is 3.37. The normalized spacial score (nSPS) is 10.0. The summed E-state index contributed by atoms with van der Waals surface area (Å²) < 4.78 is 0. The molecule has 0 saturated heterocycles. The van der Waals surface area contributed by atoms with Crippen molar-refractivity contribution in [1.29, 1.82) is 0 Å². The first-order valence-electron chi connectivity index (χ1n) is 4.84. The Labute approximate surface area is 80.4 Å². The minimum atomic E-state index is 0.962. The minimum Gasteiger partial charge on any atom is -0.388 e. The fraction of sp³-hybridized carbons (Fsp3) is 0.455. The summed E-state index contributed by atoms with van der Waals surface area (Å²) in [7, 11) is 1.94. The van der Waals surface area contributed by atoms with Crippen LogP contribution in [0.25, 0.3) is 0 Å². The van der Waals surface area contributed by atoms with Gasteiger partial charge in [0.25, 0.3) is 0 Å². The summed E-state index contributed by atoms with van der Waals surface area (Å²) in [4.78, 5) is 0. The molecule has 0 aliphatic carbocycles. The molecule has 0 aliphatic heterocycles. The lowest BCUT2D eigenvalue weighted by atomic mass is 10.2. The van der Waals surface area contributed by atoms with Crippen LogP contribution in [0.1, 0.15) is 18.9 Å². The Morgan fingerprint density at radius 3 is 2.85 bits per heavy atom. The van der Waals surface area contributed by atoms with E-state index in [4.69, 9.17) is 0 Å². The van der Waals surface area contributed by atoms with Gasteiger partial charge in [0, 0.05) is 19.3 Å². The Bertz CT molecular complexity index is 246. The van der Waals surface area contributed by atoms with Crippen molar-refractivity contribution in [3.8, 4) is 0 Å². The zero-order valence-corrected chi connectivity index (χ0v) is 8.43. The van der Waals surface area contributed by atoms with Crippen molar-refractivity contribution in [2.45, 2.75) is 19.9 Å². The number of benzene rings is 1. The highest BCUT2D eigenvalue weighted by Crippen LogP contribution is 2.08. The number of rotatable bonds is 5. The molecule has 2 nitrogen and oxygen atoms in total. The molecular weight excluding hydrogens is 160 g/mol. The molecule has 0 unspecified atom stereocenters. The van der Waals surface area contributed by atoms with Gasteiger partial charge in [0.05, 0.1) is 0 Å². The molecule has 0 atom stereocenters. The molecule has 72 valence electrons. The summed E-state index contributed by atoms with van der Waals surface area (Å²) in [5.74, 6) is 0. The highest BCUT2D eigenvalue weighted by atomic mass is 14.8. The van der Waals surface area contributed by atoms with Crippen LogP contribution in [0.2, 0.25) is 0 Å². The van der Waals surface area contributed by atoms with Crippen LogP contribution in [-0.2, 0) is 6.54 Å². The van der Waals surface area contributed by atoms with E-state index in [2.05, 4.69) is 41.8 Å². The average Bonchev–Trinajstić information content (AvgIpc) is 2.19. The molecule has 0 aliphatic rings. The SMILES string of the molecule is CCCNCc1cccc(NC)c1. The molecule has 0 spiro atoms. The molecule has 0 bridgehead atoms. The zero-order valence-electron chi connectivity index (χ0n) is 8.43. The largest absolute Gasteiger partial charge is 0.388 e. The number of nitrogens with one attached hydrogen (secondary N) is 2. The van der Waals surface area contributed by atoms with Gasteiger partial charge in [-0.3, -0.25) is 0 Å². The van der Waals surface area contributed by atoms with Gasteiger partial charge in [0.1, 0.15) is 0 Å². The second-order valence-electron chi connectivity index (χ2n) is 3.13. The van der Waals surface area contributed by atoms with E-state index in [-0.39, 0.29) is 0 Å². The molecule has 0 aromatic heterocycles. The Balaban J connectivity index is 2.46. The van der Waals surface area contributed by atoms with E-state index in [9.17, 15) is 0 Å². The predicted molar refractivity (Wildman–Crippen MR) is 58.0 cm³/mol. The fourth-order valence-electron chi connectivity index (χ4n) is 1.25. The molecule has 0 heterocycles. The van der Waals surface area contributed by atoms with Crippen LogP contribution >= 0.6 is 0 Å². The fourth-order valence-corrected chi connectivity index (χ4v) is 1.25. The number of hydrogen-bond donors (Lipinski definition) is 2. The maximum absolute atomic E-state index is 3.37. The zero-order chi connectivity index (χ0) is 9.52. The second-order valence-corrected chi connectivity index (χ2v) is 3.13. The summed E-state index contributed by atoms with van der Waals surface area (Å²) in [6.07, 6.45) is 1.19. The van der Waals surface area contributed by atoms with Crippen molar-refractivity contribution in [2.24, 2.45) is 0 Å². The summed E-state index contributed by atoms with van der Waals surface area (Å²) in [5, 5.41) is 6.50. The Hall–Kier alpha value is -1.02. The maximum Gasteiger partial charge on any atom is 0.0340 e. The van der Waals surface area contributed by atoms with Gasteiger partial charge in [-0.15, -0.1) is 0 Å². The Morgan fingerprint density at radius 1 is 1.31 bits per heavy atom. The lowest BCUT2D eigenvalue weighted by Crippen LogP contribution is -2.13. The topological polar surface area (TPSA) is 24.1 Å². The minimum absolute atomic E-state index is 0.962. The third-order valence-electron chi connectivity index (χ3n) is 1.97. The van der Waals surface area contributed by atoms with E-state index < -0.39 is 0 Å². The van der Waals surface area contributed by atoms with Gasteiger partial charge >= 0.3 is 0 Å². The monoisotopic (exact) mass is 178 g/mol. The Morgan fingerprint density at radius 2 is 2.15 bits per heavy atom. The molecule has 1 rings (SSSR count). The van der Waals surface area contributed by atoms with Crippen molar-refractivity contribution in [2.75, 3.05) is 18.9 Å². The molecule has 0 amide bonds. The average molecular weight is 178 g/mol. The van der Waals surface area contributed by atoms with Crippen LogP contribution < -0.4 is 10.6 Å². The van der Waals surface area contributed by atoms with Crippen molar-refractivity contribution in [3.63, 3.8) is 0 Å². The quantitative estimate of drug-likeness (QED) is 0.676. The molecule has 2 heteroatoms. The van der Waals surface area contributed by atoms with E-state index in [1.54, 1.807) is 0 Å². The highest BCUT2D eigenvalue weighted by molar-refractivity contribution is 5.44. The van der Waals surface area contributed by atoms with Gasteiger partial charge < -0.3 is 10.6 Å². The number of anilines is 1. The van der Waals surface area contributed by atoms with Gasteiger partial charge in [0.2, 0.25) is 0 Å². The molecular formula is C11H18N2. The van der Waals surface area contributed by atoms with E-state index in [0.717, 1.165) is 13.1 Å². The third kappa shape index (κ3) is 3.47. The van der Waals surface area contributed by atoms with Crippen LogP contribution in [0.5, 0.6) is 0 Å². The van der Waals surface area contributed by atoms with Crippen LogP contribution in [-0.4, -0.2) is 13.6 Å². The first-order valence-corrected chi connectivity index (χ1v) is 4.84. The molecule has 1 aromatic carbocycles. The summed E-state index contributed by atoms with van der Waals surface area (Å²) in [5.41, 5.74) is 2.51. The van der Waals surface area contributed by atoms with E-state index >= 15 is 0 Å². The van der Waals surface area contributed by atoms with E-state index in [0.29, 0.717) is 0 Å². The van der Waals surface area contributed by atoms with Crippen molar-refractivity contribution < 1.29 is 0 Å². The Kier molecular flexibility index (Phi) is 4.33. The molecule has 0 radical (unpaired) electrons. The number of hydrogen-bond acceptors (Lipinski definition) is 2. The third-order valence-corrected chi connectivity index (χ3v) is 1.97. The van der Waals surface area contributed by atoms with Crippen LogP contribution in [0.15, 0.2) is 24.3 Å². The molecule has 13 heavy (non-hydrogen) atoms. The molecule has 0 saturated carbocycles. The van der Waals surface area contributed by atoms with Crippen LogP contribution in [0.4, 0.5) is 5.69 Å². The highest BCUT2D eigenvalue weighted by Gasteiger charge is 1.92. The van der Waals surface area contributed by atoms with Crippen LogP contribution in [0, 0.1) is 0 Å². The molecule has 2 N–H and O–H groups in total. The van der Waals surface area contributed by atoms with Gasteiger partial charge in [-0.25, -0.2) is 0 Å². The van der Waals surface area contributed by atoms with Crippen molar-refractivity contribution in [3.05, 3.63) is 29.8 Å². The van der Waals surface area contributed by atoms with Crippen LogP contribution in [0.3, 0.4) is 0 Å². The van der Waals surface area contributed by atoms with Crippen molar-refractivity contribution >= 4 is 5.69 Å². The van der Waals surface area contributed by atoms with Gasteiger partial charge in [0.15, 0.2) is 0 Å². The summed E-state index contributed by atoms with van der Waals surface area (Å²) in [6.45, 7) is 4.23. The standard InChI is InChI=1S/C11H18N2/c1-3-7-13-9-10-5-4-6-11(8-10)12-2/h4-6,8,12-13H,3,7,9H2,1-2H3. The van der Waals surface area contributed by atoms with E-state index in [1.807, 2.05) is 7.05 Å². The van der Waals surface area contributed by atoms with Crippen molar-refractivity contribution in [1.82, 2.24) is 5.32 Å². The lowest BCUT2D eigenvalue weighted by molar-refractivity contribution is 0.675. The molecule has 1 aromatic rings. The first kappa shape index (κ1) is 10.1. The molecule has 0 fully saturated rings. The van der Waals surface area contributed by atoms with Gasteiger partial charge in [-0.1, -0.05) is 19.1 Å². The predicted octanol–water partition coefficient (Wildman–Crippen LogP) is 2.23. The smallest absolute Gasteiger partial charge is 0.0340 e. The summed E-state index contributed by atoms with van der Waals surface area (Å²) >= 11 is 0. The lowest BCUT2D eigenvalue weighted by Gasteiger charge is -2.05. The van der Waals surface area contributed by atoms with Gasteiger partial charge in [-0.05, 0) is 30.7 Å². The first-order chi connectivity index (χ1) is 6.36. The second kappa shape index (κ2) is 5.60.